The zero-order chi connectivity index (χ0) is 19.7. The van der Waals surface area contributed by atoms with Crippen LogP contribution in [-0.2, 0) is 9.53 Å². The Morgan fingerprint density at radius 3 is 2.68 bits per heavy atom. The lowest BCUT2D eigenvalue weighted by molar-refractivity contribution is -0.127. The van der Waals surface area contributed by atoms with Gasteiger partial charge in [-0.1, -0.05) is 25.5 Å². The molecule has 0 radical (unpaired) electrons. The van der Waals surface area contributed by atoms with Gasteiger partial charge in [0.2, 0.25) is 0 Å². The molecule has 4 fully saturated rings. The molecule has 1 heterocycles. The van der Waals surface area contributed by atoms with E-state index in [1.54, 1.807) is 0 Å². The van der Waals surface area contributed by atoms with Gasteiger partial charge in [0.15, 0.2) is 5.11 Å². The zero-order valence-electron chi connectivity index (χ0n) is 17.3. The number of methoxy groups -OCH3 is 1. The molecule has 6 heteroatoms. The molecular formula is C22H33N3O2S. The van der Waals surface area contributed by atoms with Crippen LogP contribution in [0.15, 0.2) is 11.6 Å². The van der Waals surface area contributed by atoms with E-state index in [-0.39, 0.29) is 11.3 Å². The molecule has 3 saturated carbocycles. The van der Waals surface area contributed by atoms with Crippen LogP contribution in [0, 0.1) is 28.6 Å². The summed E-state index contributed by atoms with van der Waals surface area (Å²) in [6.45, 7) is 4.97. The minimum absolute atomic E-state index is 0.0112. The molecule has 1 amide bonds. The molecular weight excluding hydrogens is 370 g/mol. The molecule has 0 bridgehead atoms. The third kappa shape index (κ3) is 2.43. The highest BCUT2D eigenvalue weighted by Gasteiger charge is 2.60. The molecule has 0 aromatic heterocycles. The van der Waals surface area contributed by atoms with Crippen LogP contribution < -0.4 is 16.2 Å². The molecule has 5 rings (SSSR count). The summed E-state index contributed by atoms with van der Waals surface area (Å²) in [5, 5.41) is 3.18. The maximum absolute atomic E-state index is 12.7. The molecule has 5 aliphatic rings. The summed E-state index contributed by atoms with van der Waals surface area (Å²) in [4.78, 5) is 12.7. The normalized spacial score (nSPS) is 50.2. The second-order valence-electron chi connectivity index (χ2n) is 10.4. The van der Waals surface area contributed by atoms with Crippen LogP contribution >= 0.6 is 12.2 Å². The van der Waals surface area contributed by atoms with E-state index in [2.05, 4.69) is 36.1 Å². The first kappa shape index (κ1) is 19.0. The smallest absolute Gasteiger partial charge is 0.252 e. The van der Waals surface area contributed by atoms with E-state index >= 15 is 0 Å². The predicted octanol–water partition coefficient (Wildman–Crippen LogP) is 3.21. The Kier molecular flexibility index (Phi) is 4.25. The van der Waals surface area contributed by atoms with Gasteiger partial charge in [-0.05, 0) is 92.2 Å². The summed E-state index contributed by atoms with van der Waals surface area (Å²) in [5.41, 5.74) is 7.61. The number of allylic oxidation sites excluding steroid dienone is 1. The van der Waals surface area contributed by atoms with E-state index in [0.29, 0.717) is 16.6 Å². The minimum atomic E-state index is -0.651. The fourth-order valence-corrected chi connectivity index (χ4v) is 7.97. The molecule has 28 heavy (non-hydrogen) atoms. The highest BCUT2D eigenvalue weighted by molar-refractivity contribution is 7.80. The van der Waals surface area contributed by atoms with Crippen LogP contribution in [0.25, 0.3) is 0 Å². The van der Waals surface area contributed by atoms with Gasteiger partial charge in [0.05, 0.1) is 6.10 Å². The van der Waals surface area contributed by atoms with Crippen LogP contribution in [0.4, 0.5) is 0 Å². The second kappa shape index (κ2) is 6.26. The fourth-order valence-electron chi connectivity index (χ4n) is 7.82. The van der Waals surface area contributed by atoms with Crippen molar-refractivity contribution in [1.82, 2.24) is 16.2 Å². The first-order valence-corrected chi connectivity index (χ1v) is 11.4. The lowest BCUT2D eigenvalue weighted by Gasteiger charge is -2.59. The van der Waals surface area contributed by atoms with Crippen LogP contribution in [0.3, 0.4) is 0 Å². The number of amides is 1. The van der Waals surface area contributed by atoms with Crippen molar-refractivity contribution in [3.05, 3.63) is 11.6 Å². The van der Waals surface area contributed by atoms with Gasteiger partial charge in [-0.15, -0.1) is 0 Å². The Morgan fingerprint density at radius 1 is 1.11 bits per heavy atom. The van der Waals surface area contributed by atoms with E-state index in [9.17, 15) is 4.79 Å². The number of carbonyl (C=O) groups excluding carboxylic acids is 1. The Labute approximate surface area is 173 Å². The number of thiocarbonyl (C=S) groups is 1. The van der Waals surface area contributed by atoms with Crippen molar-refractivity contribution in [2.24, 2.45) is 28.6 Å². The molecule has 3 N–H and O–H groups in total. The van der Waals surface area contributed by atoms with E-state index in [1.165, 1.54) is 37.7 Å². The van der Waals surface area contributed by atoms with Gasteiger partial charge in [-0.2, -0.15) is 0 Å². The van der Waals surface area contributed by atoms with Gasteiger partial charge in [0.1, 0.15) is 5.54 Å². The van der Waals surface area contributed by atoms with Crippen molar-refractivity contribution in [3.8, 4) is 0 Å². The summed E-state index contributed by atoms with van der Waals surface area (Å²) in [6.07, 6.45) is 12.0. The zero-order valence-corrected chi connectivity index (χ0v) is 18.1. The van der Waals surface area contributed by atoms with Crippen LogP contribution in [0.1, 0.15) is 65.2 Å². The molecule has 0 aromatic rings. The summed E-state index contributed by atoms with van der Waals surface area (Å²) < 4.78 is 5.91. The van der Waals surface area contributed by atoms with Crippen molar-refractivity contribution < 1.29 is 9.53 Å². The van der Waals surface area contributed by atoms with Crippen LogP contribution in [0.5, 0.6) is 0 Å². The van der Waals surface area contributed by atoms with Gasteiger partial charge in [-0.25, -0.2) is 5.43 Å². The number of hydrogen-bond acceptors (Lipinski definition) is 4. The number of carbonyl (C=O) groups is 1. The van der Waals surface area contributed by atoms with Gasteiger partial charge >= 0.3 is 0 Å². The Morgan fingerprint density at radius 2 is 1.93 bits per heavy atom. The summed E-state index contributed by atoms with van der Waals surface area (Å²) in [7, 11) is 1.90. The van der Waals surface area contributed by atoms with Crippen molar-refractivity contribution in [3.63, 3.8) is 0 Å². The number of hydrogen-bond donors (Lipinski definition) is 3. The van der Waals surface area contributed by atoms with Gasteiger partial charge in [-0.3, -0.25) is 10.2 Å². The average Bonchev–Trinajstić information content (AvgIpc) is 3.02. The van der Waals surface area contributed by atoms with Gasteiger partial charge < -0.3 is 10.1 Å². The largest absolute Gasteiger partial charge is 0.381 e. The third-order valence-corrected chi connectivity index (χ3v) is 9.63. The lowest BCUT2D eigenvalue weighted by Crippen LogP contribution is -2.71. The number of nitrogens with one attached hydrogen (secondary N) is 3. The highest BCUT2D eigenvalue weighted by atomic mass is 32.1. The van der Waals surface area contributed by atoms with Crippen molar-refractivity contribution in [1.29, 1.82) is 0 Å². The molecule has 0 aromatic carbocycles. The maximum atomic E-state index is 12.7. The number of rotatable bonds is 1. The molecule has 1 unspecified atom stereocenters. The molecule has 154 valence electrons. The molecule has 7 atom stereocenters. The van der Waals surface area contributed by atoms with Crippen LogP contribution in [-0.4, -0.2) is 29.8 Å². The predicted molar refractivity (Wildman–Crippen MR) is 112 cm³/mol. The van der Waals surface area contributed by atoms with Gasteiger partial charge in [0, 0.05) is 7.11 Å². The quantitative estimate of drug-likeness (QED) is 0.464. The Balaban J connectivity index is 1.45. The topological polar surface area (TPSA) is 62.4 Å². The standard InChI is InChI=1S/C22H33N3O2S/c1-20-10-11-22(18(26)23-19(28)24-25-22)12-13(20)4-5-14-15-6-7-17(27-3)21(15,2)9-8-16(14)20/h12,14-17,25H,4-11H2,1-3H3,(H2,23,24,26,28)/t14-,15-,16-,17-,20-,21-,22?/m0/s1. The maximum Gasteiger partial charge on any atom is 0.252 e. The highest BCUT2D eigenvalue weighted by Crippen LogP contribution is 2.66. The molecule has 5 nitrogen and oxygen atoms in total. The van der Waals surface area contributed by atoms with E-state index in [1.807, 2.05) is 7.11 Å². The first-order chi connectivity index (χ1) is 13.3. The van der Waals surface area contributed by atoms with Crippen molar-refractivity contribution in [2.75, 3.05) is 7.11 Å². The monoisotopic (exact) mass is 403 g/mol. The Hall–Kier alpha value is -0.980. The molecule has 1 saturated heterocycles. The number of ether oxygens (including phenoxy) is 1. The Bertz CT molecular complexity index is 754. The minimum Gasteiger partial charge on any atom is -0.381 e. The number of fused-ring (bicyclic) bond motifs is 5. The summed E-state index contributed by atoms with van der Waals surface area (Å²) >= 11 is 5.09. The van der Waals surface area contributed by atoms with Gasteiger partial charge in [0.25, 0.3) is 5.91 Å². The van der Waals surface area contributed by atoms with E-state index in [4.69, 9.17) is 17.0 Å². The third-order valence-electron chi connectivity index (χ3n) is 9.42. The summed E-state index contributed by atoms with van der Waals surface area (Å²) in [6, 6.07) is 0. The lowest BCUT2D eigenvalue weighted by atomic mass is 9.46. The van der Waals surface area contributed by atoms with Crippen molar-refractivity contribution >= 4 is 23.2 Å². The van der Waals surface area contributed by atoms with E-state index in [0.717, 1.165) is 37.0 Å². The second-order valence-corrected chi connectivity index (χ2v) is 10.8. The number of hydrazine groups is 1. The van der Waals surface area contributed by atoms with Crippen molar-refractivity contribution in [2.45, 2.75) is 76.9 Å². The average molecular weight is 404 g/mol. The molecule has 1 aliphatic heterocycles. The first-order valence-electron chi connectivity index (χ1n) is 11.0. The van der Waals surface area contributed by atoms with E-state index < -0.39 is 5.54 Å². The fraction of sp³-hybridized carbons (Fsp3) is 0.818. The SMILES string of the molecule is CO[C@H]1CC[C@H]2[C@@H]3CCC4=CC5(CC[C@]4(C)[C@H]3CC[C@]12C)NNC(=S)NC5=O. The summed E-state index contributed by atoms with van der Waals surface area (Å²) in [5.74, 6) is 2.32. The molecule has 4 aliphatic carbocycles. The van der Waals surface area contributed by atoms with Crippen LogP contribution in [0.2, 0.25) is 0 Å². The molecule has 1 spiro atoms.